The SMILES string of the molecule is CCCCCCCCCCCCCC(OCC1CO1)C(CCCCCCCCCCC)C(=O)O. The summed E-state index contributed by atoms with van der Waals surface area (Å²) >= 11 is 0. The van der Waals surface area contributed by atoms with Gasteiger partial charge in [-0.05, 0) is 12.8 Å². The van der Waals surface area contributed by atoms with Crippen LogP contribution in [-0.2, 0) is 14.3 Å². The highest BCUT2D eigenvalue weighted by Gasteiger charge is 2.31. The molecule has 4 nitrogen and oxygen atoms in total. The molecule has 0 bridgehead atoms. The molecule has 34 heavy (non-hydrogen) atoms. The molecule has 202 valence electrons. The largest absolute Gasteiger partial charge is 0.481 e. The first-order valence-corrected chi connectivity index (χ1v) is 15.1. The van der Waals surface area contributed by atoms with Gasteiger partial charge in [-0.2, -0.15) is 0 Å². The van der Waals surface area contributed by atoms with E-state index in [9.17, 15) is 9.90 Å². The molecule has 4 heteroatoms. The summed E-state index contributed by atoms with van der Waals surface area (Å²) in [6.07, 6.45) is 27.5. The van der Waals surface area contributed by atoms with Crippen molar-refractivity contribution < 1.29 is 19.4 Å². The Balaban J connectivity index is 2.19. The summed E-state index contributed by atoms with van der Waals surface area (Å²) < 4.78 is 11.4. The van der Waals surface area contributed by atoms with Crippen LogP contribution < -0.4 is 0 Å². The van der Waals surface area contributed by atoms with Gasteiger partial charge < -0.3 is 14.6 Å². The van der Waals surface area contributed by atoms with E-state index in [0.717, 1.165) is 38.7 Å². The van der Waals surface area contributed by atoms with E-state index in [1.807, 2.05) is 0 Å². The van der Waals surface area contributed by atoms with E-state index < -0.39 is 5.97 Å². The fourth-order valence-electron chi connectivity index (χ4n) is 4.95. The molecule has 0 aromatic rings. The minimum atomic E-state index is -0.677. The third-order valence-corrected chi connectivity index (χ3v) is 7.38. The Labute approximate surface area is 211 Å². The van der Waals surface area contributed by atoms with Gasteiger partial charge in [0.15, 0.2) is 0 Å². The van der Waals surface area contributed by atoms with E-state index in [4.69, 9.17) is 9.47 Å². The van der Waals surface area contributed by atoms with E-state index in [-0.39, 0.29) is 18.1 Å². The standard InChI is InChI=1S/C30H58O4/c1-3-5-7-9-11-13-14-16-18-20-22-24-29(34-26-27-25-33-27)28(30(31)32)23-21-19-17-15-12-10-8-6-4-2/h27-29H,3-26H2,1-2H3,(H,31,32). The number of rotatable bonds is 27. The number of epoxide rings is 1. The summed E-state index contributed by atoms with van der Waals surface area (Å²) in [7, 11) is 0. The summed E-state index contributed by atoms with van der Waals surface area (Å²) in [5.41, 5.74) is 0. The molecule has 1 N–H and O–H groups in total. The maximum Gasteiger partial charge on any atom is 0.309 e. The van der Waals surface area contributed by atoms with Gasteiger partial charge in [-0.25, -0.2) is 0 Å². The lowest BCUT2D eigenvalue weighted by molar-refractivity contribution is -0.148. The molecule has 1 saturated heterocycles. The van der Waals surface area contributed by atoms with Gasteiger partial charge in [0.25, 0.3) is 0 Å². The van der Waals surface area contributed by atoms with Crippen molar-refractivity contribution in [2.75, 3.05) is 13.2 Å². The molecule has 1 rings (SSSR count). The van der Waals surface area contributed by atoms with Crippen LogP contribution >= 0.6 is 0 Å². The van der Waals surface area contributed by atoms with Gasteiger partial charge in [0.2, 0.25) is 0 Å². The van der Waals surface area contributed by atoms with Crippen molar-refractivity contribution in [2.24, 2.45) is 5.92 Å². The molecule has 0 amide bonds. The molecular formula is C30H58O4. The van der Waals surface area contributed by atoms with Crippen molar-refractivity contribution in [1.82, 2.24) is 0 Å². The monoisotopic (exact) mass is 482 g/mol. The van der Waals surface area contributed by atoms with Gasteiger partial charge in [0.1, 0.15) is 6.10 Å². The molecule has 0 spiro atoms. The molecule has 1 heterocycles. The van der Waals surface area contributed by atoms with Crippen molar-refractivity contribution in [2.45, 2.75) is 167 Å². The molecule has 3 unspecified atom stereocenters. The van der Waals surface area contributed by atoms with Crippen LogP contribution in [-0.4, -0.2) is 36.5 Å². The van der Waals surface area contributed by atoms with Gasteiger partial charge in [0, 0.05) is 0 Å². The molecule has 1 aliphatic rings. The van der Waals surface area contributed by atoms with Crippen LogP contribution in [0.15, 0.2) is 0 Å². The third-order valence-electron chi connectivity index (χ3n) is 7.38. The second kappa shape index (κ2) is 22.8. The zero-order valence-electron chi connectivity index (χ0n) is 22.9. The first kappa shape index (κ1) is 31.4. The topological polar surface area (TPSA) is 59.1 Å². The fourth-order valence-corrected chi connectivity index (χ4v) is 4.95. The van der Waals surface area contributed by atoms with Gasteiger partial charge in [0.05, 0.1) is 25.2 Å². The number of unbranched alkanes of at least 4 members (excludes halogenated alkanes) is 18. The number of ether oxygens (including phenoxy) is 2. The van der Waals surface area contributed by atoms with Crippen molar-refractivity contribution in [3.63, 3.8) is 0 Å². The van der Waals surface area contributed by atoms with Gasteiger partial charge in [-0.15, -0.1) is 0 Å². The van der Waals surface area contributed by atoms with E-state index in [1.54, 1.807) is 0 Å². The number of carboxylic acid groups (broad SMARTS) is 1. The normalized spacial score (nSPS) is 17.1. The van der Waals surface area contributed by atoms with Crippen molar-refractivity contribution in [1.29, 1.82) is 0 Å². The van der Waals surface area contributed by atoms with Crippen LogP contribution in [0, 0.1) is 5.92 Å². The van der Waals surface area contributed by atoms with Crippen LogP contribution in [0.25, 0.3) is 0 Å². The molecule has 3 atom stereocenters. The van der Waals surface area contributed by atoms with Crippen molar-refractivity contribution >= 4 is 5.97 Å². The van der Waals surface area contributed by atoms with E-state index in [1.165, 1.54) is 109 Å². The molecule has 1 aliphatic heterocycles. The maximum absolute atomic E-state index is 12.1. The maximum atomic E-state index is 12.1. The van der Waals surface area contributed by atoms with Crippen LogP contribution in [0.3, 0.4) is 0 Å². The van der Waals surface area contributed by atoms with Crippen LogP contribution in [0.5, 0.6) is 0 Å². The second-order valence-electron chi connectivity index (χ2n) is 10.7. The minimum Gasteiger partial charge on any atom is -0.481 e. The molecule has 0 radical (unpaired) electrons. The Morgan fingerprint density at radius 1 is 0.706 bits per heavy atom. The predicted octanol–water partition coefficient (Wildman–Crippen LogP) is 9.09. The van der Waals surface area contributed by atoms with E-state index >= 15 is 0 Å². The van der Waals surface area contributed by atoms with Crippen LogP contribution in [0.2, 0.25) is 0 Å². The summed E-state index contributed by atoms with van der Waals surface area (Å²) in [6.45, 7) is 5.85. The molecule has 0 aliphatic carbocycles. The molecule has 1 fully saturated rings. The Kier molecular flexibility index (Phi) is 21.1. The lowest BCUT2D eigenvalue weighted by Gasteiger charge is -2.24. The summed E-state index contributed by atoms with van der Waals surface area (Å²) in [5, 5.41) is 9.91. The predicted molar refractivity (Wildman–Crippen MR) is 144 cm³/mol. The average molecular weight is 483 g/mol. The molecule has 0 aromatic carbocycles. The number of hydrogen-bond acceptors (Lipinski definition) is 3. The summed E-state index contributed by atoms with van der Waals surface area (Å²) in [5.74, 6) is -1.05. The second-order valence-corrected chi connectivity index (χ2v) is 10.7. The van der Waals surface area contributed by atoms with Gasteiger partial charge in [-0.1, -0.05) is 142 Å². The molecular weight excluding hydrogens is 424 g/mol. The molecule has 0 aromatic heterocycles. The minimum absolute atomic E-state index is 0.158. The average Bonchev–Trinajstić information content (AvgIpc) is 3.65. The zero-order valence-corrected chi connectivity index (χ0v) is 22.9. The van der Waals surface area contributed by atoms with E-state index in [2.05, 4.69) is 13.8 Å². The third kappa shape index (κ3) is 18.7. The highest BCUT2D eigenvalue weighted by atomic mass is 16.6. The van der Waals surface area contributed by atoms with E-state index in [0.29, 0.717) is 6.61 Å². The number of carboxylic acids is 1. The highest BCUT2D eigenvalue weighted by molar-refractivity contribution is 5.70. The Bertz CT molecular complexity index is 449. The van der Waals surface area contributed by atoms with Gasteiger partial charge in [-0.3, -0.25) is 4.79 Å². The number of hydrogen-bond donors (Lipinski definition) is 1. The van der Waals surface area contributed by atoms with Crippen LogP contribution in [0.1, 0.15) is 155 Å². The lowest BCUT2D eigenvalue weighted by Crippen LogP contribution is -2.32. The highest BCUT2D eigenvalue weighted by Crippen LogP contribution is 2.25. The quantitative estimate of drug-likeness (QED) is 0.0936. The Morgan fingerprint density at radius 3 is 1.47 bits per heavy atom. The lowest BCUT2D eigenvalue weighted by atomic mass is 9.91. The number of aliphatic carboxylic acids is 1. The summed E-state index contributed by atoms with van der Waals surface area (Å²) in [4.78, 5) is 12.1. The Morgan fingerprint density at radius 2 is 1.09 bits per heavy atom. The van der Waals surface area contributed by atoms with Gasteiger partial charge >= 0.3 is 5.97 Å². The molecule has 0 saturated carbocycles. The van der Waals surface area contributed by atoms with Crippen LogP contribution in [0.4, 0.5) is 0 Å². The fraction of sp³-hybridized carbons (Fsp3) is 0.967. The van der Waals surface area contributed by atoms with Crippen molar-refractivity contribution in [3.8, 4) is 0 Å². The zero-order chi connectivity index (χ0) is 24.7. The smallest absolute Gasteiger partial charge is 0.309 e. The number of carbonyl (C=O) groups is 1. The first-order valence-electron chi connectivity index (χ1n) is 15.1. The summed E-state index contributed by atoms with van der Waals surface area (Å²) in [6, 6.07) is 0. The van der Waals surface area contributed by atoms with Crippen molar-refractivity contribution in [3.05, 3.63) is 0 Å². The Hall–Kier alpha value is -0.610. The first-order chi connectivity index (χ1) is 16.7.